The average Bonchev–Trinajstić information content (AvgIpc) is 2.37. The SMILES string of the molecule is CCCCS(=O)C(C)C(=O)c1ccc(F)c(F)c1. The molecule has 18 heavy (non-hydrogen) atoms. The Bertz CT molecular complexity index is 460. The number of hydrogen-bond donors (Lipinski definition) is 0. The maximum absolute atomic E-state index is 13.0. The van der Waals surface area contributed by atoms with Crippen molar-refractivity contribution >= 4 is 16.6 Å². The smallest absolute Gasteiger partial charge is 0.178 e. The van der Waals surface area contributed by atoms with E-state index >= 15 is 0 Å². The zero-order valence-electron chi connectivity index (χ0n) is 10.4. The monoisotopic (exact) mass is 274 g/mol. The lowest BCUT2D eigenvalue weighted by Gasteiger charge is -2.10. The Kier molecular flexibility index (Phi) is 5.59. The summed E-state index contributed by atoms with van der Waals surface area (Å²) in [6.45, 7) is 3.52. The lowest BCUT2D eigenvalue weighted by atomic mass is 10.1. The summed E-state index contributed by atoms with van der Waals surface area (Å²) in [4.78, 5) is 11.9. The van der Waals surface area contributed by atoms with Gasteiger partial charge in [0.15, 0.2) is 17.4 Å². The molecule has 0 aromatic heterocycles. The van der Waals surface area contributed by atoms with Crippen molar-refractivity contribution < 1.29 is 17.8 Å². The minimum absolute atomic E-state index is 0.0613. The standard InChI is InChI=1S/C13H16F2O2S/c1-3-4-7-18(17)9(2)13(16)10-5-6-11(14)12(15)8-10/h5-6,8-9H,3-4,7H2,1-2H3. The van der Waals surface area contributed by atoms with Gasteiger partial charge in [0, 0.05) is 22.1 Å². The van der Waals surface area contributed by atoms with Crippen LogP contribution in [0.15, 0.2) is 18.2 Å². The first-order valence-electron chi connectivity index (χ1n) is 5.83. The van der Waals surface area contributed by atoms with Crippen molar-refractivity contribution in [1.82, 2.24) is 0 Å². The molecule has 2 nitrogen and oxygen atoms in total. The highest BCUT2D eigenvalue weighted by molar-refractivity contribution is 7.86. The Morgan fingerprint density at radius 2 is 2.00 bits per heavy atom. The minimum Gasteiger partial charge on any atom is -0.293 e. The first-order chi connectivity index (χ1) is 8.47. The van der Waals surface area contributed by atoms with Gasteiger partial charge in [-0.3, -0.25) is 9.00 Å². The summed E-state index contributed by atoms with van der Waals surface area (Å²) in [5.74, 6) is -2.02. The van der Waals surface area contributed by atoms with Gasteiger partial charge >= 0.3 is 0 Å². The average molecular weight is 274 g/mol. The first kappa shape index (κ1) is 15.0. The highest BCUT2D eigenvalue weighted by Crippen LogP contribution is 2.13. The third-order valence-corrected chi connectivity index (χ3v) is 4.36. The number of hydrogen-bond acceptors (Lipinski definition) is 2. The summed E-state index contributed by atoms with van der Waals surface area (Å²) >= 11 is 0. The normalized spacial score (nSPS) is 14.2. The Labute approximate surface area is 108 Å². The van der Waals surface area contributed by atoms with Gasteiger partial charge in [-0.05, 0) is 31.5 Å². The first-order valence-corrected chi connectivity index (χ1v) is 7.22. The van der Waals surface area contributed by atoms with Crippen LogP contribution in [0.1, 0.15) is 37.0 Å². The zero-order valence-corrected chi connectivity index (χ0v) is 11.2. The Hall–Kier alpha value is -1.10. The van der Waals surface area contributed by atoms with E-state index in [4.69, 9.17) is 0 Å². The molecule has 0 aliphatic rings. The molecule has 100 valence electrons. The van der Waals surface area contributed by atoms with Crippen LogP contribution in [-0.4, -0.2) is 21.0 Å². The molecule has 2 unspecified atom stereocenters. The number of Topliss-reactive ketones (excluding diaryl/α,β-unsaturated/α-hetero) is 1. The molecular formula is C13H16F2O2S. The number of benzene rings is 1. The Morgan fingerprint density at radius 3 is 2.56 bits per heavy atom. The summed E-state index contributed by atoms with van der Waals surface area (Å²) in [5, 5.41) is -0.693. The fourth-order valence-corrected chi connectivity index (χ4v) is 2.77. The van der Waals surface area contributed by atoms with Gasteiger partial charge in [0.25, 0.3) is 0 Å². The van der Waals surface area contributed by atoms with E-state index in [1.54, 1.807) is 6.92 Å². The molecule has 0 saturated heterocycles. The second-order valence-electron chi connectivity index (χ2n) is 4.07. The molecule has 0 N–H and O–H groups in total. The Balaban J connectivity index is 2.79. The number of ketones is 1. The molecule has 5 heteroatoms. The van der Waals surface area contributed by atoms with E-state index in [-0.39, 0.29) is 5.56 Å². The van der Waals surface area contributed by atoms with Crippen LogP contribution in [0.3, 0.4) is 0 Å². The van der Waals surface area contributed by atoms with E-state index in [1.807, 2.05) is 6.92 Å². The van der Waals surface area contributed by atoms with E-state index in [0.29, 0.717) is 5.75 Å². The lowest BCUT2D eigenvalue weighted by molar-refractivity contribution is 0.0992. The van der Waals surface area contributed by atoms with Crippen LogP contribution in [0.25, 0.3) is 0 Å². The number of rotatable bonds is 6. The summed E-state index contributed by atoms with van der Waals surface area (Å²) in [6.07, 6.45) is 1.68. The fourth-order valence-electron chi connectivity index (χ4n) is 1.47. The predicted octanol–water partition coefficient (Wildman–Crippen LogP) is 3.08. The van der Waals surface area contributed by atoms with Crippen molar-refractivity contribution in [1.29, 1.82) is 0 Å². The van der Waals surface area contributed by atoms with Gasteiger partial charge in [-0.25, -0.2) is 8.78 Å². The number of halogens is 2. The minimum atomic E-state index is -1.27. The fraction of sp³-hybridized carbons (Fsp3) is 0.462. The molecule has 0 saturated carbocycles. The predicted molar refractivity (Wildman–Crippen MR) is 68.1 cm³/mol. The second-order valence-corrected chi connectivity index (χ2v) is 5.95. The molecule has 0 aliphatic heterocycles. The van der Waals surface area contributed by atoms with Crippen molar-refractivity contribution in [3.8, 4) is 0 Å². The van der Waals surface area contributed by atoms with Gasteiger partial charge in [0.1, 0.15) is 0 Å². The van der Waals surface area contributed by atoms with Crippen LogP contribution in [-0.2, 0) is 10.8 Å². The van der Waals surface area contributed by atoms with Gasteiger partial charge in [-0.2, -0.15) is 0 Å². The molecule has 0 spiro atoms. The van der Waals surface area contributed by atoms with Crippen LogP contribution < -0.4 is 0 Å². The van der Waals surface area contributed by atoms with E-state index < -0.39 is 33.5 Å². The molecule has 0 fully saturated rings. The van der Waals surface area contributed by atoms with Crippen LogP contribution >= 0.6 is 0 Å². The van der Waals surface area contributed by atoms with Gasteiger partial charge in [-0.15, -0.1) is 0 Å². The van der Waals surface area contributed by atoms with Gasteiger partial charge < -0.3 is 0 Å². The summed E-state index contributed by atoms with van der Waals surface area (Å²) in [7, 11) is -1.27. The molecule has 2 atom stereocenters. The maximum Gasteiger partial charge on any atom is 0.178 e. The van der Waals surface area contributed by atoms with Crippen molar-refractivity contribution in [3.63, 3.8) is 0 Å². The molecule has 0 radical (unpaired) electrons. The second kappa shape index (κ2) is 6.73. The summed E-state index contributed by atoms with van der Waals surface area (Å²) in [5.41, 5.74) is 0.0613. The molecular weight excluding hydrogens is 258 g/mol. The zero-order chi connectivity index (χ0) is 13.7. The maximum atomic E-state index is 13.0. The van der Waals surface area contributed by atoms with E-state index in [0.717, 1.165) is 25.0 Å². The summed E-state index contributed by atoms with van der Waals surface area (Å²) < 4.78 is 37.5. The molecule has 0 heterocycles. The van der Waals surface area contributed by atoms with Gasteiger partial charge in [0.2, 0.25) is 0 Å². The van der Waals surface area contributed by atoms with E-state index in [2.05, 4.69) is 0 Å². The van der Waals surface area contributed by atoms with Gasteiger partial charge in [-0.1, -0.05) is 13.3 Å². The van der Waals surface area contributed by atoms with Gasteiger partial charge in [0.05, 0.1) is 5.25 Å². The lowest BCUT2D eigenvalue weighted by Crippen LogP contribution is -2.24. The topological polar surface area (TPSA) is 34.1 Å². The molecule has 0 amide bonds. The third-order valence-electron chi connectivity index (χ3n) is 2.67. The van der Waals surface area contributed by atoms with E-state index in [9.17, 15) is 17.8 Å². The quantitative estimate of drug-likeness (QED) is 0.747. The molecule has 0 bridgehead atoms. The van der Waals surface area contributed by atoms with Crippen molar-refractivity contribution in [2.24, 2.45) is 0 Å². The highest BCUT2D eigenvalue weighted by atomic mass is 32.2. The Morgan fingerprint density at radius 1 is 1.33 bits per heavy atom. The van der Waals surface area contributed by atoms with Crippen LogP contribution in [0.5, 0.6) is 0 Å². The van der Waals surface area contributed by atoms with Crippen LogP contribution in [0.4, 0.5) is 8.78 Å². The molecule has 1 aromatic rings. The molecule has 1 aromatic carbocycles. The summed E-state index contributed by atoms with van der Waals surface area (Å²) in [6, 6.07) is 2.98. The number of unbranched alkanes of at least 4 members (excludes halogenated alkanes) is 1. The molecule has 0 aliphatic carbocycles. The van der Waals surface area contributed by atoms with Crippen molar-refractivity contribution in [2.75, 3.05) is 5.75 Å². The molecule has 1 rings (SSSR count). The highest BCUT2D eigenvalue weighted by Gasteiger charge is 2.21. The largest absolute Gasteiger partial charge is 0.293 e. The van der Waals surface area contributed by atoms with Crippen LogP contribution in [0, 0.1) is 11.6 Å². The van der Waals surface area contributed by atoms with E-state index in [1.165, 1.54) is 6.07 Å². The van der Waals surface area contributed by atoms with Crippen molar-refractivity contribution in [2.45, 2.75) is 31.9 Å². The van der Waals surface area contributed by atoms with Crippen LogP contribution in [0.2, 0.25) is 0 Å². The number of carbonyl (C=O) groups is 1. The third kappa shape index (κ3) is 3.70. The van der Waals surface area contributed by atoms with Crippen molar-refractivity contribution in [3.05, 3.63) is 35.4 Å². The number of carbonyl (C=O) groups excluding carboxylic acids is 1.